The van der Waals surface area contributed by atoms with Crippen molar-refractivity contribution >= 4 is 11.6 Å². The fourth-order valence-electron chi connectivity index (χ4n) is 2.16. The largest absolute Gasteiger partial charge is 0.497 e. The zero-order valence-corrected chi connectivity index (χ0v) is 13.3. The van der Waals surface area contributed by atoms with Crippen LogP contribution in [-0.2, 0) is 23.6 Å². The van der Waals surface area contributed by atoms with Crippen LogP contribution in [0, 0.1) is 0 Å². The van der Waals surface area contributed by atoms with Crippen LogP contribution in [0.15, 0.2) is 42.5 Å². The molecule has 0 fully saturated rings. The first-order valence-corrected chi connectivity index (χ1v) is 7.21. The Morgan fingerprint density at radius 1 is 0.923 bits per heavy atom. The topological polar surface area (TPSA) is 38.3 Å². The van der Waals surface area contributed by atoms with E-state index in [4.69, 9.17) is 4.74 Å². The van der Waals surface area contributed by atoms with E-state index in [2.05, 4.69) is 5.32 Å². The summed E-state index contributed by atoms with van der Waals surface area (Å²) in [6.07, 6.45) is -10.2. The van der Waals surface area contributed by atoms with Gasteiger partial charge in [0.2, 0.25) is 5.91 Å². The first-order valence-electron chi connectivity index (χ1n) is 7.21. The van der Waals surface area contributed by atoms with Crippen molar-refractivity contribution in [3.63, 3.8) is 0 Å². The van der Waals surface area contributed by atoms with Crippen molar-refractivity contribution < 1.29 is 35.9 Å². The van der Waals surface area contributed by atoms with E-state index in [1.165, 1.54) is 7.11 Å². The Labute approximate surface area is 144 Å². The lowest BCUT2D eigenvalue weighted by molar-refractivity contribution is -0.143. The molecule has 0 saturated carbocycles. The zero-order valence-electron chi connectivity index (χ0n) is 13.3. The summed E-state index contributed by atoms with van der Waals surface area (Å²) >= 11 is 0. The van der Waals surface area contributed by atoms with Crippen molar-refractivity contribution in [2.75, 3.05) is 12.4 Å². The molecule has 0 aromatic heterocycles. The molecule has 1 amide bonds. The third kappa shape index (κ3) is 5.14. The molecule has 0 aliphatic rings. The molecule has 2 aromatic rings. The van der Waals surface area contributed by atoms with Gasteiger partial charge in [-0.1, -0.05) is 12.1 Å². The predicted molar refractivity (Wildman–Crippen MR) is 81.8 cm³/mol. The van der Waals surface area contributed by atoms with Gasteiger partial charge < -0.3 is 10.1 Å². The van der Waals surface area contributed by atoms with Gasteiger partial charge in [0.1, 0.15) is 5.75 Å². The van der Waals surface area contributed by atoms with Gasteiger partial charge in [0.05, 0.1) is 24.7 Å². The molecule has 0 radical (unpaired) electrons. The highest BCUT2D eigenvalue weighted by Gasteiger charge is 2.37. The van der Waals surface area contributed by atoms with Crippen LogP contribution >= 0.6 is 0 Å². The Morgan fingerprint density at radius 3 is 1.85 bits per heavy atom. The molecule has 0 aliphatic carbocycles. The van der Waals surface area contributed by atoms with Crippen LogP contribution < -0.4 is 10.1 Å². The molecule has 0 saturated heterocycles. The van der Waals surface area contributed by atoms with Crippen LogP contribution in [0.5, 0.6) is 5.75 Å². The van der Waals surface area contributed by atoms with E-state index in [0.717, 1.165) is 0 Å². The van der Waals surface area contributed by atoms with Crippen molar-refractivity contribution in [3.8, 4) is 5.75 Å². The fraction of sp³-hybridized carbons (Fsp3) is 0.235. The van der Waals surface area contributed by atoms with Crippen LogP contribution in [-0.4, -0.2) is 13.0 Å². The van der Waals surface area contributed by atoms with E-state index >= 15 is 0 Å². The second kappa shape index (κ2) is 7.27. The lowest BCUT2D eigenvalue weighted by Crippen LogP contribution is -2.17. The van der Waals surface area contributed by atoms with Gasteiger partial charge in [0, 0.05) is 5.69 Å². The van der Waals surface area contributed by atoms with Crippen molar-refractivity contribution in [3.05, 3.63) is 59.2 Å². The third-order valence-corrected chi connectivity index (χ3v) is 3.40. The standard InChI is InChI=1S/C17H13F6NO2/c1-26-14-4-2-10(3-5-14)6-15(25)24-13-8-11(16(18,19)20)7-12(9-13)17(21,22)23/h2-5,7-9H,6H2,1H3,(H,24,25). The first kappa shape index (κ1) is 19.6. The van der Waals surface area contributed by atoms with Crippen molar-refractivity contribution in [2.24, 2.45) is 0 Å². The molecule has 0 bridgehead atoms. The lowest BCUT2D eigenvalue weighted by atomic mass is 10.1. The zero-order chi connectivity index (χ0) is 19.5. The minimum atomic E-state index is -4.98. The van der Waals surface area contributed by atoms with Crippen LogP contribution in [0.3, 0.4) is 0 Å². The summed E-state index contributed by atoms with van der Waals surface area (Å²) in [6, 6.07) is 7.20. The average molecular weight is 377 g/mol. The Bertz CT molecular complexity index is 749. The second-order valence-corrected chi connectivity index (χ2v) is 5.37. The number of rotatable bonds is 4. The van der Waals surface area contributed by atoms with E-state index in [1.54, 1.807) is 24.3 Å². The molecule has 3 nitrogen and oxygen atoms in total. The van der Waals surface area contributed by atoms with Crippen molar-refractivity contribution in [1.29, 1.82) is 0 Å². The molecule has 0 heterocycles. The minimum absolute atomic E-state index is 0.000864. The molecular formula is C17H13F6NO2. The van der Waals surface area contributed by atoms with E-state index < -0.39 is 35.1 Å². The van der Waals surface area contributed by atoms with E-state index in [1.807, 2.05) is 0 Å². The van der Waals surface area contributed by atoms with Gasteiger partial charge in [-0.05, 0) is 35.9 Å². The third-order valence-electron chi connectivity index (χ3n) is 3.40. The maximum absolute atomic E-state index is 12.8. The van der Waals surface area contributed by atoms with Crippen LogP contribution in [0.4, 0.5) is 32.0 Å². The number of carbonyl (C=O) groups excluding carboxylic acids is 1. The highest BCUT2D eigenvalue weighted by molar-refractivity contribution is 5.92. The molecule has 0 unspecified atom stereocenters. The Kier molecular flexibility index (Phi) is 5.48. The highest BCUT2D eigenvalue weighted by Crippen LogP contribution is 2.37. The summed E-state index contributed by atoms with van der Waals surface area (Å²) in [6.45, 7) is 0. The second-order valence-electron chi connectivity index (χ2n) is 5.37. The normalized spacial score (nSPS) is 12.0. The molecule has 140 valence electrons. The number of alkyl halides is 6. The fourth-order valence-corrected chi connectivity index (χ4v) is 2.16. The number of carbonyl (C=O) groups is 1. The summed E-state index contributed by atoms with van der Waals surface area (Å²) in [4.78, 5) is 12.0. The quantitative estimate of drug-likeness (QED) is 0.769. The molecule has 2 rings (SSSR count). The number of hydrogen-bond donors (Lipinski definition) is 1. The average Bonchev–Trinajstić information content (AvgIpc) is 2.53. The lowest BCUT2D eigenvalue weighted by Gasteiger charge is -2.15. The molecule has 1 N–H and O–H groups in total. The summed E-state index contributed by atoms with van der Waals surface area (Å²) in [5.41, 5.74) is -3.05. The van der Waals surface area contributed by atoms with Crippen molar-refractivity contribution in [2.45, 2.75) is 18.8 Å². The van der Waals surface area contributed by atoms with Gasteiger partial charge in [-0.25, -0.2) is 0 Å². The molecule has 26 heavy (non-hydrogen) atoms. The Hall–Kier alpha value is -2.71. The number of benzene rings is 2. The number of amides is 1. The van der Waals surface area contributed by atoms with Crippen molar-refractivity contribution in [1.82, 2.24) is 0 Å². The molecule has 9 heteroatoms. The maximum Gasteiger partial charge on any atom is 0.416 e. The van der Waals surface area contributed by atoms with Gasteiger partial charge in [-0.15, -0.1) is 0 Å². The van der Waals surface area contributed by atoms with E-state index in [0.29, 0.717) is 23.4 Å². The monoisotopic (exact) mass is 377 g/mol. The van der Waals surface area contributed by atoms with Gasteiger partial charge in [-0.2, -0.15) is 26.3 Å². The smallest absolute Gasteiger partial charge is 0.416 e. The predicted octanol–water partition coefficient (Wildman–Crippen LogP) is 4.91. The van der Waals surface area contributed by atoms with Crippen LogP contribution in [0.1, 0.15) is 16.7 Å². The van der Waals surface area contributed by atoms with Crippen LogP contribution in [0.2, 0.25) is 0 Å². The number of anilines is 1. The number of hydrogen-bond acceptors (Lipinski definition) is 2. The molecule has 0 aliphatic heterocycles. The SMILES string of the molecule is COc1ccc(CC(=O)Nc2cc(C(F)(F)F)cc(C(F)(F)F)c2)cc1. The highest BCUT2D eigenvalue weighted by atomic mass is 19.4. The van der Waals surface area contributed by atoms with E-state index in [-0.39, 0.29) is 12.5 Å². The summed E-state index contributed by atoms with van der Waals surface area (Å²) in [7, 11) is 1.45. The van der Waals surface area contributed by atoms with E-state index in [9.17, 15) is 31.1 Å². The maximum atomic E-state index is 12.8. The minimum Gasteiger partial charge on any atom is -0.497 e. The molecular weight excluding hydrogens is 364 g/mol. The summed E-state index contributed by atoms with van der Waals surface area (Å²) in [5, 5.41) is 2.07. The summed E-state index contributed by atoms with van der Waals surface area (Å²) in [5.74, 6) is -0.204. The number of ether oxygens (including phenoxy) is 1. The van der Waals surface area contributed by atoms with Crippen LogP contribution in [0.25, 0.3) is 0 Å². The molecule has 0 atom stereocenters. The molecule has 2 aromatic carbocycles. The summed E-state index contributed by atoms with van der Waals surface area (Å²) < 4.78 is 81.7. The van der Waals surface area contributed by atoms with Gasteiger partial charge in [0.15, 0.2) is 0 Å². The number of halogens is 6. The molecule has 0 spiro atoms. The Morgan fingerprint density at radius 2 is 1.42 bits per heavy atom. The first-order chi connectivity index (χ1) is 12.0. The van der Waals surface area contributed by atoms with Gasteiger partial charge >= 0.3 is 12.4 Å². The number of methoxy groups -OCH3 is 1. The Balaban J connectivity index is 2.22. The van der Waals surface area contributed by atoms with Gasteiger partial charge in [-0.3, -0.25) is 4.79 Å². The number of nitrogens with one attached hydrogen (secondary N) is 1. The van der Waals surface area contributed by atoms with Gasteiger partial charge in [0.25, 0.3) is 0 Å².